The van der Waals surface area contributed by atoms with E-state index in [0.717, 1.165) is 16.4 Å². The molecule has 106 valence electrons. The van der Waals surface area contributed by atoms with Crippen LogP contribution in [0.2, 0.25) is 4.34 Å². The van der Waals surface area contributed by atoms with Crippen molar-refractivity contribution in [2.24, 2.45) is 10.7 Å². The van der Waals surface area contributed by atoms with Gasteiger partial charge in [0, 0.05) is 23.5 Å². The van der Waals surface area contributed by atoms with Crippen LogP contribution in [-0.2, 0) is 6.42 Å². The molecule has 1 aromatic carbocycles. The molecule has 3 nitrogen and oxygen atoms in total. The molecule has 0 aliphatic carbocycles. The van der Waals surface area contributed by atoms with Gasteiger partial charge in [0.2, 0.25) is 0 Å². The third-order valence-electron chi connectivity index (χ3n) is 2.76. The van der Waals surface area contributed by atoms with Crippen molar-refractivity contribution in [3.8, 4) is 0 Å². The van der Waals surface area contributed by atoms with E-state index in [0.29, 0.717) is 12.5 Å². The predicted octanol–water partition coefficient (Wildman–Crippen LogP) is 3.99. The summed E-state index contributed by atoms with van der Waals surface area (Å²) in [5.74, 6) is 0.442. The Kier molecular flexibility index (Phi) is 5.04. The Morgan fingerprint density at radius 2 is 1.95 bits per heavy atom. The van der Waals surface area contributed by atoms with Gasteiger partial charge in [0.1, 0.15) is 0 Å². The molecule has 1 heterocycles. The van der Waals surface area contributed by atoms with Crippen LogP contribution in [0.5, 0.6) is 0 Å². The van der Waals surface area contributed by atoms with Crippen LogP contribution in [0.3, 0.4) is 0 Å². The first kappa shape index (κ1) is 14.9. The minimum absolute atomic E-state index is 0.442. The number of anilines is 1. The maximum absolute atomic E-state index is 5.89. The Labute approximate surface area is 128 Å². The van der Waals surface area contributed by atoms with Gasteiger partial charge >= 0.3 is 0 Å². The Balaban J connectivity index is 1.90. The Morgan fingerprint density at radius 3 is 2.55 bits per heavy atom. The molecule has 0 fully saturated rings. The number of aliphatic imine (C=N–C) groups is 1. The lowest BCUT2D eigenvalue weighted by molar-refractivity contribution is 0.983. The summed E-state index contributed by atoms with van der Waals surface area (Å²) in [6.07, 6.45) is 0.854. The standard InChI is InChI=1S/C15H18ClN3S/c1-10-7-11(2)9-12(8-10)19-15(17)18-6-5-13-3-4-14(16)20-13/h3-4,7-9H,5-6H2,1-2H3,(H3,17,18,19). The first-order chi connectivity index (χ1) is 9.52. The van der Waals surface area contributed by atoms with Gasteiger partial charge in [-0.05, 0) is 49.2 Å². The van der Waals surface area contributed by atoms with Crippen LogP contribution in [0.4, 0.5) is 5.69 Å². The molecule has 5 heteroatoms. The van der Waals surface area contributed by atoms with Gasteiger partial charge in [-0.3, -0.25) is 4.99 Å². The molecule has 0 aliphatic heterocycles. The summed E-state index contributed by atoms with van der Waals surface area (Å²) in [6, 6.07) is 10.2. The summed E-state index contributed by atoms with van der Waals surface area (Å²) < 4.78 is 0.810. The maximum atomic E-state index is 5.89. The zero-order valence-electron chi connectivity index (χ0n) is 11.6. The highest BCUT2D eigenvalue weighted by Gasteiger charge is 1.99. The molecule has 0 saturated carbocycles. The number of halogens is 1. The molecule has 0 aliphatic rings. The lowest BCUT2D eigenvalue weighted by Gasteiger charge is -2.07. The third kappa shape index (κ3) is 4.54. The van der Waals surface area contributed by atoms with Gasteiger partial charge in [-0.15, -0.1) is 11.3 Å². The van der Waals surface area contributed by atoms with E-state index >= 15 is 0 Å². The van der Waals surface area contributed by atoms with Gasteiger partial charge in [-0.2, -0.15) is 0 Å². The Bertz CT molecular complexity index is 599. The highest BCUT2D eigenvalue weighted by molar-refractivity contribution is 7.16. The smallest absolute Gasteiger partial charge is 0.193 e. The molecule has 2 rings (SSSR count). The summed E-state index contributed by atoms with van der Waals surface area (Å²) in [6.45, 7) is 4.78. The molecule has 0 atom stereocenters. The summed E-state index contributed by atoms with van der Waals surface area (Å²) in [5.41, 5.74) is 9.27. The van der Waals surface area contributed by atoms with Crippen LogP contribution in [0.25, 0.3) is 0 Å². The molecule has 20 heavy (non-hydrogen) atoms. The molecule has 0 spiro atoms. The van der Waals surface area contributed by atoms with Crippen LogP contribution in [-0.4, -0.2) is 12.5 Å². The van der Waals surface area contributed by atoms with Gasteiger partial charge in [0.15, 0.2) is 5.96 Å². The summed E-state index contributed by atoms with van der Waals surface area (Å²) in [7, 11) is 0. The number of aryl methyl sites for hydroxylation is 2. The van der Waals surface area contributed by atoms with Crippen LogP contribution in [0, 0.1) is 13.8 Å². The second-order valence-electron chi connectivity index (χ2n) is 4.72. The minimum Gasteiger partial charge on any atom is -0.370 e. The quantitative estimate of drug-likeness (QED) is 0.663. The highest BCUT2D eigenvalue weighted by Crippen LogP contribution is 2.21. The molecule has 1 aromatic heterocycles. The summed E-state index contributed by atoms with van der Waals surface area (Å²) in [5, 5.41) is 3.12. The van der Waals surface area contributed by atoms with Crippen molar-refractivity contribution in [2.45, 2.75) is 20.3 Å². The van der Waals surface area contributed by atoms with E-state index in [2.05, 4.69) is 42.4 Å². The normalized spacial score (nSPS) is 11.7. The largest absolute Gasteiger partial charge is 0.370 e. The van der Waals surface area contributed by atoms with E-state index in [4.69, 9.17) is 17.3 Å². The fraction of sp³-hybridized carbons (Fsp3) is 0.267. The maximum Gasteiger partial charge on any atom is 0.193 e. The van der Waals surface area contributed by atoms with Gasteiger partial charge in [-0.25, -0.2) is 0 Å². The molecule has 0 radical (unpaired) electrons. The lowest BCUT2D eigenvalue weighted by Crippen LogP contribution is -2.23. The molecule has 0 saturated heterocycles. The molecule has 0 amide bonds. The lowest BCUT2D eigenvalue weighted by atomic mass is 10.1. The van der Waals surface area contributed by atoms with Crippen molar-refractivity contribution < 1.29 is 0 Å². The van der Waals surface area contributed by atoms with E-state index in [1.165, 1.54) is 16.0 Å². The van der Waals surface area contributed by atoms with Crippen LogP contribution in [0.15, 0.2) is 35.3 Å². The number of hydrogen-bond donors (Lipinski definition) is 2. The van der Waals surface area contributed by atoms with Crippen LogP contribution in [0.1, 0.15) is 16.0 Å². The Hall–Kier alpha value is -1.52. The molecular formula is C15H18ClN3S. The Morgan fingerprint density at radius 1 is 1.25 bits per heavy atom. The van der Waals surface area contributed by atoms with E-state index in [9.17, 15) is 0 Å². The molecule has 0 unspecified atom stereocenters. The second kappa shape index (κ2) is 6.77. The number of thiophene rings is 1. The fourth-order valence-corrected chi connectivity index (χ4v) is 3.08. The number of guanidine groups is 1. The van der Waals surface area contributed by atoms with Crippen LogP contribution < -0.4 is 11.1 Å². The van der Waals surface area contributed by atoms with Crippen LogP contribution >= 0.6 is 22.9 Å². The van der Waals surface area contributed by atoms with Crippen molar-refractivity contribution in [1.29, 1.82) is 0 Å². The third-order valence-corrected chi connectivity index (χ3v) is 4.05. The van der Waals surface area contributed by atoms with Gasteiger partial charge in [0.05, 0.1) is 4.34 Å². The topological polar surface area (TPSA) is 50.4 Å². The van der Waals surface area contributed by atoms with E-state index in [1.807, 2.05) is 12.1 Å². The van der Waals surface area contributed by atoms with Crippen molar-refractivity contribution >= 4 is 34.6 Å². The molecular weight excluding hydrogens is 290 g/mol. The van der Waals surface area contributed by atoms with E-state index in [1.54, 1.807) is 11.3 Å². The summed E-state index contributed by atoms with van der Waals surface area (Å²) in [4.78, 5) is 5.55. The highest BCUT2D eigenvalue weighted by atomic mass is 35.5. The van der Waals surface area contributed by atoms with Gasteiger partial charge in [0.25, 0.3) is 0 Å². The monoisotopic (exact) mass is 307 g/mol. The minimum atomic E-state index is 0.442. The number of rotatable bonds is 4. The number of hydrogen-bond acceptors (Lipinski definition) is 2. The average molecular weight is 308 g/mol. The van der Waals surface area contributed by atoms with Gasteiger partial charge in [-0.1, -0.05) is 17.7 Å². The zero-order chi connectivity index (χ0) is 14.5. The number of nitrogens with two attached hydrogens (primary N) is 1. The first-order valence-corrected chi connectivity index (χ1v) is 7.62. The zero-order valence-corrected chi connectivity index (χ0v) is 13.2. The van der Waals surface area contributed by atoms with Crippen molar-refractivity contribution in [2.75, 3.05) is 11.9 Å². The second-order valence-corrected chi connectivity index (χ2v) is 6.52. The molecule has 3 N–H and O–H groups in total. The van der Waals surface area contributed by atoms with Gasteiger partial charge < -0.3 is 11.1 Å². The predicted molar refractivity (Wildman–Crippen MR) is 89.1 cm³/mol. The number of nitrogens with zero attached hydrogens (tertiary/aromatic N) is 1. The summed E-state index contributed by atoms with van der Waals surface area (Å²) >= 11 is 7.47. The SMILES string of the molecule is Cc1cc(C)cc(NC(N)=NCCc2ccc(Cl)s2)c1. The van der Waals surface area contributed by atoms with E-state index in [-0.39, 0.29) is 0 Å². The fourth-order valence-electron chi connectivity index (χ4n) is 2.01. The van der Waals surface area contributed by atoms with E-state index < -0.39 is 0 Å². The number of benzene rings is 1. The molecule has 0 bridgehead atoms. The molecule has 2 aromatic rings. The average Bonchev–Trinajstić information content (AvgIpc) is 2.73. The van der Waals surface area contributed by atoms with Crippen molar-refractivity contribution in [3.05, 3.63) is 50.7 Å². The first-order valence-electron chi connectivity index (χ1n) is 6.42. The van der Waals surface area contributed by atoms with Crippen molar-refractivity contribution in [1.82, 2.24) is 0 Å². The van der Waals surface area contributed by atoms with Crippen molar-refractivity contribution in [3.63, 3.8) is 0 Å². The number of nitrogens with one attached hydrogen (secondary N) is 1.